The Labute approximate surface area is 175 Å². The number of rotatable bonds is 4. The highest BCUT2D eigenvalue weighted by Gasteiger charge is 2.38. The van der Waals surface area contributed by atoms with E-state index in [2.05, 4.69) is 35.0 Å². The fourth-order valence-electron chi connectivity index (χ4n) is 3.90. The van der Waals surface area contributed by atoms with Crippen LogP contribution in [0.25, 0.3) is 9.53 Å². The molecule has 2 aromatic heterocycles. The van der Waals surface area contributed by atoms with E-state index in [0.717, 1.165) is 65.0 Å². The van der Waals surface area contributed by atoms with E-state index in [-0.39, 0.29) is 30.7 Å². The summed E-state index contributed by atoms with van der Waals surface area (Å²) in [5, 5.41) is 4.53. The van der Waals surface area contributed by atoms with Gasteiger partial charge in [0.1, 0.15) is 4.83 Å². The van der Waals surface area contributed by atoms with Crippen molar-refractivity contribution < 1.29 is 4.79 Å². The van der Waals surface area contributed by atoms with Crippen LogP contribution in [0.2, 0.25) is 0 Å². The second-order valence-corrected chi connectivity index (χ2v) is 8.58. The van der Waals surface area contributed by atoms with Crippen LogP contribution in [0.4, 0.5) is 5.13 Å². The van der Waals surface area contributed by atoms with E-state index in [4.69, 9.17) is 4.98 Å². The Kier molecular flexibility index (Phi) is 7.56. The summed E-state index contributed by atoms with van der Waals surface area (Å²) < 4.78 is 1.14. The molecule has 2 atom stereocenters. The zero-order chi connectivity index (χ0) is 16.7. The Morgan fingerprint density at radius 3 is 2.65 bits per heavy atom. The molecule has 146 valence electrons. The smallest absolute Gasteiger partial charge is 0.264 e. The first-order valence-electron chi connectivity index (χ1n) is 8.90. The van der Waals surface area contributed by atoms with E-state index in [0.29, 0.717) is 12.1 Å². The summed E-state index contributed by atoms with van der Waals surface area (Å²) in [7, 11) is 0. The average Bonchev–Trinajstić information content (AvgIpc) is 3.18. The average molecular weight is 437 g/mol. The zero-order valence-corrected chi connectivity index (χ0v) is 18.3. The summed E-state index contributed by atoms with van der Waals surface area (Å²) in [6, 6.07) is 2.84. The predicted molar refractivity (Wildman–Crippen MR) is 116 cm³/mol. The number of nitrogens with zero attached hydrogens (tertiary/aromatic N) is 3. The van der Waals surface area contributed by atoms with E-state index < -0.39 is 0 Å². The molecule has 2 aliphatic rings. The van der Waals surface area contributed by atoms with Gasteiger partial charge in [0, 0.05) is 31.7 Å². The Morgan fingerprint density at radius 1 is 1.23 bits per heavy atom. The molecular weight excluding hydrogens is 411 g/mol. The quantitative estimate of drug-likeness (QED) is 0.785. The third-order valence-electron chi connectivity index (χ3n) is 5.21. The number of carbonyl (C=O) groups is 1. The molecule has 0 spiro atoms. The first kappa shape index (κ1) is 21.7. The second kappa shape index (κ2) is 9.06. The summed E-state index contributed by atoms with van der Waals surface area (Å²) in [5.41, 5.74) is 0. The van der Waals surface area contributed by atoms with Gasteiger partial charge in [0.05, 0.1) is 9.58 Å². The normalized spacial score (nSPS) is 21.8. The molecule has 9 heteroatoms. The van der Waals surface area contributed by atoms with Crippen molar-refractivity contribution in [2.45, 2.75) is 45.2 Å². The largest absolute Gasteiger partial charge is 0.349 e. The molecular formula is C17H26Cl2N4OS2. The molecule has 0 aromatic carbocycles. The number of thiophene rings is 1. The first-order valence-corrected chi connectivity index (χ1v) is 10.5. The number of carbonyl (C=O) groups excluding carboxylic acids is 1. The minimum absolute atomic E-state index is 0. The van der Waals surface area contributed by atoms with Gasteiger partial charge in [-0.15, -0.1) is 36.2 Å². The molecule has 4 rings (SSSR count). The van der Waals surface area contributed by atoms with Crippen LogP contribution in [-0.4, -0.2) is 54.1 Å². The molecule has 2 aromatic rings. The highest BCUT2D eigenvalue weighted by Crippen LogP contribution is 2.37. The number of anilines is 1. The summed E-state index contributed by atoms with van der Waals surface area (Å²) in [4.78, 5) is 24.1. The van der Waals surface area contributed by atoms with Gasteiger partial charge in [0.25, 0.3) is 5.91 Å². The summed E-state index contributed by atoms with van der Waals surface area (Å²) in [6.45, 7) is 8.19. The maximum Gasteiger partial charge on any atom is 0.264 e. The van der Waals surface area contributed by atoms with E-state index in [9.17, 15) is 4.79 Å². The van der Waals surface area contributed by atoms with Crippen molar-refractivity contribution in [1.29, 1.82) is 0 Å². The molecule has 2 fully saturated rings. The molecule has 0 aliphatic carbocycles. The van der Waals surface area contributed by atoms with Crippen molar-refractivity contribution in [3.05, 3.63) is 10.9 Å². The summed E-state index contributed by atoms with van der Waals surface area (Å²) in [5.74, 6) is 0.214. The minimum atomic E-state index is 0. The van der Waals surface area contributed by atoms with Crippen LogP contribution in [0.3, 0.4) is 0 Å². The number of thiazole rings is 1. The molecule has 0 saturated carbocycles. The number of halogens is 2. The number of hydrogen-bond donors (Lipinski definition) is 1. The molecule has 26 heavy (non-hydrogen) atoms. The standard InChI is InChI=1S/C17H24N4OS2.2ClH/c1-3-20(4-2)17-19-15-13(24-17)9-14(23-15)16(22)21-11-5-6-12(21)10-18-8-7-11;;/h9,11-12,18H,3-8,10H2,1-2H3;2*1H. The lowest BCUT2D eigenvalue weighted by Gasteiger charge is -2.27. The van der Waals surface area contributed by atoms with Crippen LogP contribution >= 0.6 is 47.5 Å². The van der Waals surface area contributed by atoms with Crippen molar-refractivity contribution in [1.82, 2.24) is 15.2 Å². The predicted octanol–water partition coefficient (Wildman–Crippen LogP) is 4.01. The maximum absolute atomic E-state index is 13.1. The van der Waals surface area contributed by atoms with Crippen LogP contribution in [0.15, 0.2) is 6.07 Å². The van der Waals surface area contributed by atoms with Crippen molar-refractivity contribution in [2.24, 2.45) is 0 Å². The number of nitrogens with one attached hydrogen (secondary N) is 1. The van der Waals surface area contributed by atoms with Gasteiger partial charge in [0.2, 0.25) is 0 Å². The fourth-order valence-corrected chi connectivity index (χ4v) is 6.18. The van der Waals surface area contributed by atoms with Crippen molar-refractivity contribution >= 4 is 68.1 Å². The SMILES string of the molecule is CCN(CC)c1nc2sc(C(=O)N3C4CCNCC3CC4)cc2s1.Cl.Cl. The number of amides is 1. The molecule has 4 heterocycles. The van der Waals surface area contributed by atoms with Crippen LogP contribution in [0.5, 0.6) is 0 Å². The Balaban J connectivity index is 0.00000121. The van der Waals surface area contributed by atoms with Gasteiger partial charge in [-0.2, -0.15) is 0 Å². The van der Waals surface area contributed by atoms with E-state index in [1.807, 2.05) is 0 Å². The van der Waals surface area contributed by atoms with E-state index in [1.54, 1.807) is 22.7 Å². The Morgan fingerprint density at radius 2 is 1.96 bits per heavy atom. The van der Waals surface area contributed by atoms with Crippen LogP contribution in [-0.2, 0) is 0 Å². The number of aromatic nitrogens is 1. The first-order chi connectivity index (χ1) is 11.7. The molecule has 2 bridgehead atoms. The van der Waals surface area contributed by atoms with Gasteiger partial charge >= 0.3 is 0 Å². The molecule has 2 aliphatic heterocycles. The van der Waals surface area contributed by atoms with Crippen molar-refractivity contribution in [2.75, 3.05) is 31.1 Å². The fraction of sp³-hybridized carbons (Fsp3) is 0.647. The van der Waals surface area contributed by atoms with Crippen LogP contribution in [0.1, 0.15) is 42.8 Å². The lowest BCUT2D eigenvalue weighted by molar-refractivity contribution is 0.0685. The van der Waals surface area contributed by atoms with Gasteiger partial charge in [0.15, 0.2) is 5.13 Å². The van der Waals surface area contributed by atoms with Gasteiger partial charge in [-0.25, -0.2) is 4.98 Å². The summed E-state index contributed by atoms with van der Waals surface area (Å²) in [6.07, 6.45) is 3.36. The Bertz CT molecular complexity index is 701. The number of fused-ring (bicyclic) bond motifs is 3. The maximum atomic E-state index is 13.1. The third kappa shape index (κ3) is 3.83. The lowest BCUT2D eigenvalue weighted by atomic mass is 10.1. The zero-order valence-electron chi connectivity index (χ0n) is 15.1. The molecule has 1 amide bonds. The molecule has 2 unspecified atom stereocenters. The monoisotopic (exact) mass is 436 g/mol. The van der Waals surface area contributed by atoms with Gasteiger partial charge in [-0.1, -0.05) is 11.3 Å². The van der Waals surface area contributed by atoms with Crippen molar-refractivity contribution in [3.63, 3.8) is 0 Å². The topological polar surface area (TPSA) is 48.5 Å². The van der Waals surface area contributed by atoms with Crippen LogP contribution in [0, 0.1) is 0 Å². The minimum Gasteiger partial charge on any atom is -0.349 e. The number of hydrogen-bond acceptors (Lipinski definition) is 6. The highest BCUT2D eigenvalue weighted by molar-refractivity contribution is 7.29. The molecule has 0 radical (unpaired) electrons. The van der Waals surface area contributed by atoms with E-state index in [1.165, 1.54) is 0 Å². The lowest BCUT2D eigenvalue weighted by Crippen LogP contribution is -2.42. The van der Waals surface area contributed by atoms with Crippen molar-refractivity contribution in [3.8, 4) is 0 Å². The molecule has 2 saturated heterocycles. The van der Waals surface area contributed by atoms with E-state index >= 15 is 0 Å². The van der Waals surface area contributed by atoms with Gasteiger partial charge < -0.3 is 15.1 Å². The third-order valence-corrected chi connectivity index (χ3v) is 7.42. The molecule has 1 N–H and O–H groups in total. The second-order valence-electron chi connectivity index (χ2n) is 6.54. The van der Waals surface area contributed by atoms with Gasteiger partial charge in [-0.05, 0) is 45.7 Å². The van der Waals surface area contributed by atoms with Gasteiger partial charge in [-0.3, -0.25) is 4.79 Å². The van der Waals surface area contributed by atoms with Crippen LogP contribution < -0.4 is 10.2 Å². The summed E-state index contributed by atoms with van der Waals surface area (Å²) >= 11 is 3.26. The highest BCUT2D eigenvalue weighted by atomic mass is 35.5. The Hall–Kier alpha value is -0.600. The molecule has 5 nitrogen and oxygen atoms in total.